The lowest BCUT2D eigenvalue weighted by atomic mass is 9.90. The van der Waals surface area contributed by atoms with Crippen LogP contribution in [0.3, 0.4) is 0 Å². The maximum absolute atomic E-state index is 13.4. The van der Waals surface area contributed by atoms with Crippen molar-refractivity contribution in [2.24, 2.45) is 5.92 Å². The van der Waals surface area contributed by atoms with Gasteiger partial charge in [-0.15, -0.1) is 0 Å². The van der Waals surface area contributed by atoms with Crippen molar-refractivity contribution in [3.8, 4) is 0 Å². The lowest BCUT2D eigenvalue weighted by molar-refractivity contribution is 0.319. The molecule has 0 aliphatic carbocycles. The van der Waals surface area contributed by atoms with Crippen molar-refractivity contribution in [1.82, 2.24) is 5.32 Å². The zero-order valence-corrected chi connectivity index (χ0v) is 9.47. The summed E-state index contributed by atoms with van der Waals surface area (Å²) >= 11 is 0. The van der Waals surface area contributed by atoms with Crippen LogP contribution in [-0.4, -0.2) is 12.6 Å². The second kappa shape index (κ2) is 4.91. The van der Waals surface area contributed by atoms with Gasteiger partial charge >= 0.3 is 0 Å². The Kier molecular flexibility index (Phi) is 3.54. The third kappa shape index (κ3) is 2.79. The van der Waals surface area contributed by atoms with Gasteiger partial charge in [-0.25, -0.2) is 8.78 Å². The largest absolute Gasteiger partial charge is 0.314 e. The molecule has 0 saturated carbocycles. The summed E-state index contributed by atoms with van der Waals surface area (Å²) in [5.74, 6) is -0.452. The molecule has 0 aromatic heterocycles. The van der Waals surface area contributed by atoms with E-state index in [9.17, 15) is 8.78 Å². The first-order valence-electron chi connectivity index (χ1n) is 5.82. The Morgan fingerprint density at radius 1 is 1.31 bits per heavy atom. The van der Waals surface area contributed by atoms with Gasteiger partial charge in [0.2, 0.25) is 0 Å². The topological polar surface area (TPSA) is 12.0 Å². The normalized spacial score (nSPS) is 25.7. The van der Waals surface area contributed by atoms with Crippen molar-refractivity contribution in [2.75, 3.05) is 6.54 Å². The Morgan fingerprint density at radius 3 is 2.75 bits per heavy atom. The summed E-state index contributed by atoms with van der Waals surface area (Å²) in [6.07, 6.45) is 2.95. The second-order valence-corrected chi connectivity index (χ2v) is 4.69. The van der Waals surface area contributed by atoms with Gasteiger partial charge in [0, 0.05) is 12.1 Å². The molecule has 1 N–H and O–H groups in total. The van der Waals surface area contributed by atoms with Crippen molar-refractivity contribution in [3.63, 3.8) is 0 Å². The van der Waals surface area contributed by atoms with Crippen LogP contribution in [0.5, 0.6) is 0 Å². The molecule has 1 aliphatic rings. The quantitative estimate of drug-likeness (QED) is 0.816. The van der Waals surface area contributed by atoms with E-state index in [1.54, 1.807) is 6.07 Å². The van der Waals surface area contributed by atoms with E-state index in [-0.39, 0.29) is 0 Å². The van der Waals surface area contributed by atoms with Crippen LogP contribution in [0, 0.1) is 17.6 Å². The Labute approximate surface area is 94.9 Å². The van der Waals surface area contributed by atoms with Crippen LogP contribution in [0.4, 0.5) is 8.78 Å². The van der Waals surface area contributed by atoms with Gasteiger partial charge in [0.1, 0.15) is 11.6 Å². The summed E-state index contributed by atoms with van der Waals surface area (Å²) < 4.78 is 26.1. The molecule has 1 fully saturated rings. The zero-order valence-electron chi connectivity index (χ0n) is 9.47. The fraction of sp³-hybridized carbons (Fsp3) is 0.538. The molecule has 1 heterocycles. The number of rotatable bonds is 2. The number of nitrogens with one attached hydrogen (secondary N) is 1. The van der Waals surface area contributed by atoms with Crippen LogP contribution in [-0.2, 0) is 6.42 Å². The Hall–Kier alpha value is -0.960. The lowest BCUT2D eigenvalue weighted by Crippen LogP contribution is -2.37. The van der Waals surface area contributed by atoms with E-state index in [4.69, 9.17) is 0 Å². The molecule has 16 heavy (non-hydrogen) atoms. The number of halogens is 2. The standard InChI is InChI=1S/C13H17F2N/c1-9-2-3-10(8-16-9)6-11-4-5-12(14)7-13(11)15/h4-5,7,9-10,16H,2-3,6,8H2,1H3. The molecule has 2 rings (SSSR count). The highest BCUT2D eigenvalue weighted by Crippen LogP contribution is 2.20. The molecule has 1 aliphatic heterocycles. The summed E-state index contributed by atoms with van der Waals surface area (Å²) in [6.45, 7) is 3.09. The predicted molar refractivity (Wildman–Crippen MR) is 60.3 cm³/mol. The van der Waals surface area contributed by atoms with E-state index in [1.807, 2.05) is 0 Å². The van der Waals surface area contributed by atoms with E-state index >= 15 is 0 Å². The summed E-state index contributed by atoms with van der Waals surface area (Å²) in [4.78, 5) is 0. The van der Waals surface area contributed by atoms with Crippen LogP contribution in [0.2, 0.25) is 0 Å². The number of piperidine rings is 1. The maximum atomic E-state index is 13.4. The Bertz CT molecular complexity index is 357. The molecule has 1 nitrogen and oxygen atoms in total. The smallest absolute Gasteiger partial charge is 0.129 e. The third-order valence-corrected chi connectivity index (χ3v) is 3.29. The van der Waals surface area contributed by atoms with Crippen LogP contribution in [0.1, 0.15) is 25.3 Å². The van der Waals surface area contributed by atoms with E-state index in [2.05, 4.69) is 12.2 Å². The predicted octanol–water partition coefficient (Wildman–Crippen LogP) is 2.90. The first-order chi connectivity index (χ1) is 7.65. The number of hydrogen-bond donors (Lipinski definition) is 1. The van der Waals surface area contributed by atoms with Crippen LogP contribution in [0.25, 0.3) is 0 Å². The monoisotopic (exact) mass is 225 g/mol. The molecular weight excluding hydrogens is 208 g/mol. The van der Waals surface area contributed by atoms with E-state index in [0.717, 1.165) is 25.5 Å². The number of hydrogen-bond acceptors (Lipinski definition) is 1. The molecule has 1 saturated heterocycles. The summed E-state index contributed by atoms with van der Waals surface area (Å²) in [6, 6.07) is 4.42. The minimum atomic E-state index is -0.503. The van der Waals surface area contributed by atoms with Crippen LogP contribution in [0.15, 0.2) is 18.2 Å². The Morgan fingerprint density at radius 2 is 2.12 bits per heavy atom. The summed E-state index contributed by atoms with van der Waals surface area (Å²) in [5.41, 5.74) is 0.628. The van der Waals surface area contributed by atoms with Crippen molar-refractivity contribution >= 4 is 0 Å². The van der Waals surface area contributed by atoms with E-state index in [1.165, 1.54) is 6.07 Å². The highest BCUT2D eigenvalue weighted by Gasteiger charge is 2.19. The molecule has 88 valence electrons. The molecule has 0 spiro atoms. The van der Waals surface area contributed by atoms with Crippen LogP contribution >= 0.6 is 0 Å². The fourth-order valence-electron chi connectivity index (χ4n) is 2.23. The highest BCUT2D eigenvalue weighted by atomic mass is 19.1. The van der Waals surface area contributed by atoms with Crippen molar-refractivity contribution < 1.29 is 8.78 Å². The summed E-state index contributed by atoms with van der Waals surface area (Å²) in [5, 5.41) is 3.39. The molecule has 1 aromatic rings. The lowest BCUT2D eigenvalue weighted by Gasteiger charge is -2.27. The Balaban J connectivity index is 1.98. The SMILES string of the molecule is CC1CCC(Cc2ccc(F)cc2F)CN1. The molecular formula is C13H17F2N. The van der Waals surface area contributed by atoms with Gasteiger partial charge in [0.15, 0.2) is 0 Å². The van der Waals surface area contributed by atoms with Crippen molar-refractivity contribution in [2.45, 2.75) is 32.2 Å². The molecule has 0 radical (unpaired) electrons. The fourth-order valence-corrected chi connectivity index (χ4v) is 2.23. The van der Waals surface area contributed by atoms with Gasteiger partial charge in [-0.1, -0.05) is 6.07 Å². The van der Waals surface area contributed by atoms with Gasteiger partial charge in [-0.2, -0.15) is 0 Å². The van der Waals surface area contributed by atoms with Gasteiger partial charge in [0.25, 0.3) is 0 Å². The van der Waals surface area contributed by atoms with Gasteiger partial charge in [-0.05, 0) is 50.3 Å². The third-order valence-electron chi connectivity index (χ3n) is 3.29. The molecule has 2 atom stereocenters. The molecule has 1 aromatic carbocycles. The molecule has 3 heteroatoms. The van der Waals surface area contributed by atoms with Crippen LogP contribution < -0.4 is 5.32 Å². The second-order valence-electron chi connectivity index (χ2n) is 4.69. The first-order valence-corrected chi connectivity index (χ1v) is 5.82. The first kappa shape index (κ1) is 11.5. The van der Waals surface area contributed by atoms with Gasteiger partial charge in [0.05, 0.1) is 0 Å². The molecule has 2 unspecified atom stereocenters. The number of benzene rings is 1. The van der Waals surface area contributed by atoms with E-state index in [0.29, 0.717) is 23.9 Å². The molecule has 0 bridgehead atoms. The van der Waals surface area contributed by atoms with Gasteiger partial charge < -0.3 is 5.32 Å². The average Bonchev–Trinajstić information content (AvgIpc) is 2.25. The highest BCUT2D eigenvalue weighted by molar-refractivity contribution is 5.19. The van der Waals surface area contributed by atoms with E-state index < -0.39 is 11.6 Å². The molecule has 0 amide bonds. The minimum absolute atomic E-state index is 0.418. The maximum Gasteiger partial charge on any atom is 0.129 e. The van der Waals surface area contributed by atoms with Crippen molar-refractivity contribution in [3.05, 3.63) is 35.4 Å². The van der Waals surface area contributed by atoms with Gasteiger partial charge in [-0.3, -0.25) is 0 Å². The summed E-state index contributed by atoms with van der Waals surface area (Å²) in [7, 11) is 0. The zero-order chi connectivity index (χ0) is 11.5. The average molecular weight is 225 g/mol. The van der Waals surface area contributed by atoms with Crippen molar-refractivity contribution in [1.29, 1.82) is 0 Å². The minimum Gasteiger partial charge on any atom is -0.314 e.